The third kappa shape index (κ3) is 3.93. The van der Waals surface area contributed by atoms with Crippen LogP contribution >= 0.6 is 11.6 Å². The average Bonchev–Trinajstić information content (AvgIpc) is 2.39. The largest absolute Gasteiger partial charge is 0.381 e. The summed E-state index contributed by atoms with van der Waals surface area (Å²) in [5.74, 6) is 0. The molecule has 0 amide bonds. The number of nitrogens with two attached hydrogens (primary N) is 1. The van der Waals surface area contributed by atoms with Crippen LogP contribution in [0.2, 0.25) is 5.02 Å². The summed E-state index contributed by atoms with van der Waals surface area (Å²) < 4.78 is 5.39. The molecule has 3 nitrogen and oxygen atoms in total. The predicted molar refractivity (Wildman–Crippen MR) is 79.5 cm³/mol. The molecule has 1 aromatic carbocycles. The quantitative estimate of drug-likeness (QED) is 0.923. The van der Waals surface area contributed by atoms with Crippen molar-refractivity contribution in [2.24, 2.45) is 5.73 Å². The van der Waals surface area contributed by atoms with E-state index in [4.69, 9.17) is 22.1 Å². The van der Waals surface area contributed by atoms with E-state index < -0.39 is 0 Å². The van der Waals surface area contributed by atoms with Gasteiger partial charge in [0, 0.05) is 36.4 Å². The highest BCUT2D eigenvalue weighted by Crippen LogP contribution is 2.25. The zero-order valence-corrected chi connectivity index (χ0v) is 12.5. The summed E-state index contributed by atoms with van der Waals surface area (Å²) in [6.45, 7) is 4.64. The van der Waals surface area contributed by atoms with Crippen LogP contribution in [0.1, 0.15) is 31.4 Å². The van der Waals surface area contributed by atoms with Gasteiger partial charge in [0.05, 0.1) is 0 Å². The van der Waals surface area contributed by atoms with Crippen LogP contribution < -0.4 is 5.73 Å². The van der Waals surface area contributed by atoms with E-state index in [1.54, 1.807) is 0 Å². The molecule has 0 spiro atoms. The van der Waals surface area contributed by atoms with Crippen molar-refractivity contribution >= 4 is 11.6 Å². The molecular formula is C15H23ClN2O. The summed E-state index contributed by atoms with van der Waals surface area (Å²) in [6.07, 6.45) is 1.87. The van der Waals surface area contributed by atoms with Crippen LogP contribution in [0.5, 0.6) is 0 Å². The molecule has 1 aromatic rings. The molecule has 0 aliphatic carbocycles. The molecule has 1 aliphatic heterocycles. The third-order valence-electron chi connectivity index (χ3n) is 4.07. The van der Waals surface area contributed by atoms with Crippen LogP contribution in [0, 0.1) is 0 Å². The number of ether oxygens (including phenoxy) is 1. The van der Waals surface area contributed by atoms with Crippen LogP contribution in [-0.4, -0.2) is 37.2 Å². The first-order chi connectivity index (χ1) is 9.00. The minimum atomic E-state index is -0.117. The summed E-state index contributed by atoms with van der Waals surface area (Å²) in [4.78, 5) is 2.31. The summed E-state index contributed by atoms with van der Waals surface area (Å²) >= 11 is 5.93. The number of hydrogen-bond donors (Lipinski definition) is 1. The summed E-state index contributed by atoms with van der Waals surface area (Å²) in [5.41, 5.74) is 7.61. The van der Waals surface area contributed by atoms with Crippen LogP contribution in [0.4, 0.5) is 0 Å². The normalized spacial score (nSPS) is 20.5. The van der Waals surface area contributed by atoms with Crippen molar-refractivity contribution in [2.45, 2.75) is 31.3 Å². The lowest BCUT2D eigenvalue weighted by molar-refractivity contribution is 0.0364. The van der Waals surface area contributed by atoms with Gasteiger partial charge in [0.1, 0.15) is 0 Å². The van der Waals surface area contributed by atoms with E-state index in [-0.39, 0.29) is 5.54 Å². The van der Waals surface area contributed by atoms with Gasteiger partial charge in [-0.2, -0.15) is 0 Å². The predicted octanol–water partition coefficient (Wildman–Crippen LogP) is 2.84. The fourth-order valence-electron chi connectivity index (χ4n) is 2.57. The number of halogens is 1. The number of benzene rings is 1. The van der Waals surface area contributed by atoms with Crippen LogP contribution in [0.3, 0.4) is 0 Å². The van der Waals surface area contributed by atoms with E-state index in [1.807, 2.05) is 12.1 Å². The Kier molecular flexibility index (Phi) is 4.85. The Morgan fingerprint density at radius 3 is 2.47 bits per heavy atom. The monoisotopic (exact) mass is 282 g/mol. The van der Waals surface area contributed by atoms with Crippen molar-refractivity contribution in [3.63, 3.8) is 0 Å². The van der Waals surface area contributed by atoms with Crippen molar-refractivity contribution < 1.29 is 4.74 Å². The first-order valence-corrected chi connectivity index (χ1v) is 7.20. The molecule has 2 N–H and O–H groups in total. The summed E-state index contributed by atoms with van der Waals surface area (Å²) in [6, 6.07) is 8.37. The summed E-state index contributed by atoms with van der Waals surface area (Å²) in [7, 11) is 2.13. The molecule has 1 unspecified atom stereocenters. The average molecular weight is 283 g/mol. The molecular weight excluding hydrogens is 260 g/mol. The first kappa shape index (κ1) is 14.8. The zero-order valence-electron chi connectivity index (χ0n) is 11.7. The maximum atomic E-state index is 6.46. The molecule has 19 heavy (non-hydrogen) atoms. The lowest BCUT2D eigenvalue weighted by atomic mass is 9.90. The van der Waals surface area contributed by atoms with Crippen molar-refractivity contribution in [3.05, 3.63) is 34.9 Å². The fourth-order valence-corrected chi connectivity index (χ4v) is 2.69. The lowest BCUT2D eigenvalue weighted by Crippen LogP contribution is -2.53. The molecule has 0 radical (unpaired) electrons. The molecule has 1 atom stereocenters. The molecule has 1 aliphatic rings. The standard InChI is InChI=1S/C15H23ClN2O/c1-12(13-3-5-14(16)6-4-13)18(2)11-15(17)7-9-19-10-8-15/h3-6,12H,7-11,17H2,1-2H3. The maximum absolute atomic E-state index is 6.46. The van der Waals surface area contributed by atoms with Gasteiger partial charge in [-0.05, 0) is 44.5 Å². The molecule has 0 saturated carbocycles. The van der Waals surface area contributed by atoms with Gasteiger partial charge in [0.25, 0.3) is 0 Å². The molecule has 4 heteroatoms. The molecule has 0 bridgehead atoms. The van der Waals surface area contributed by atoms with Gasteiger partial charge in [-0.25, -0.2) is 0 Å². The Labute approximate surface area is 120 Å². The second-order valence-electron chi connectivity index (χ2n) is 5.62. The first-order valence-electron chi connectivity index (χ1n) is 6.82. The zero-order chi connectivity index (χ0) is 13.9. The summed E-state index contributed by atoms with van der Waals surface area (Å²) in [5, 5.41) is 0.776. The molecule has 106 valence electrons. The smallest absolute Gasteiger partial charge is 0.0484 e. The Balaban J connectivity index is 1.98. The van der Waals surface area contributed by atoms with Gasteiger partial charge >= 0.3 is 0 Å². The van der Waals surface area contributed by atoms with Gasteiger partial charge in [0.2, 0.25) is 0 Å². The fraction of sp³-hybridized carbons (Fsp3) is 0.600. The lowest BCUT2D eigenvalue weighted by Gasteiger charge is -2.38. The van der Waals surface area contributed by atoms with Crippen molar-refractivity contribution in [3.8, 4) is 0 Å². The van der Waals surface area contributed by atoms with Gasteiger partial charge in [-0.1, -0.05) is 23.7 Å². The van der Waals surface area contributed by atoms with Gasteiger partial charge < -0.3 is 10.5 Å². The van der Waals surface area contributed by atoms with Crippen LogP contribution in [0.15, 0.2) is 24.3 Å². The van der Waals surface area contributed by atoms with E-state index in [0.29, 0.717) is 6.04 Å². The molecule has 1 fully saturated rings. The number of nitrogens with zero attached hydrogens (tertiary/aromatic N) is 1. The van der Waals surface area contributed by atoms with Crippen molar-refractivity contribution in [2.75, 3.05) is 26.8 Å². The number of likely N-dealkylation sites (N-methyl/N-ethyl adjacent to an activating group) is 1. The Morgan fingerprint density at radius 1 is 1.32 bits per heavy atom. The highest BCUT2D eigenvalue weighted by atomic mass is 35.5. The highest BCUT2D eigenvalue weighted by molar-refractivity contribution is 6.30. The molecule has 1 saturated heterocycles. The Hall–Kier alpha value is -0.610. The van der Waals surface area contributed by atoms with Crippen LogP contribution in [-0.2, 0) is 4.74 Å². The third-order valence-corrected chi connectivity index (χ3v) is 4.32. The highest BCUT2D eigenvalue weighted by Gasteiger charge is 2.30. The minimum absolute atomic E-state index is 0.117. The molecule has 0 aromatic heterocycles. The van der Waals surface area contributed by atoms with Crippen molar-refractivity contribution in [1.29, 1.82) is 0 Å². The van der Waals surface area contributed by atoms with E-state index >= 15 is 0 Å². The Bertz CT molecular complexity index is 401. The second-order valence-corrected chi connectivity index (χ2v) is 6.05. The molecule has 2 rings (SSSR count). The number of rotatable bonds is 4. The SMILES string of the molecule is CC(c1ccc(Cl)cc1)N(C)CC1(N)CCOCC1. The van der Waals surface area contributed by atoms with Gasteiger partial charge in [-0.15, -0.1) is 0 Å². The van der Waals surface area contributed by atoms with E-state index in [2.05, 4.69) is 31.0 Å². The van der Waals surface area contributed by atoms with Crippen molar-refractivity contribution in [1.82, 2.24) is 4.90 Å². The van der Waals surface area contributed by atoms with Crippen LogP contribution in [0.25, 0.3) is 0 Å². The minimum Gasteiger partial charge on any atom is -0.381 e. The van der Waals surface area contributed by atoms with E-state index in [9.17, 15) is 0 Å². The van der Waals surface area contributed by atoms with Gasteiger partial charge in [-0.3, -0.25) is 4.90 Å². The van der Waals surface area contributed by atoms with E-state index in [0.717, 1.165) is 37.6 Å². The second kappa shape index (κ2) is 6.23. The maximum Gasteiger partial charge on any atom is 0.0484 e. The van der Waals surface area contributed by atoms with E-state index in [1.165, 1.54) is 5.56 Å². The van der Waals surface area contributed by atoms with Gasteiger partial charge in [0.15, 0.2) is 0 Å². The molecule has 1 heterocycles. The Morgan fingerprint density at radius 2 is 1.89 bits per heavy atom. The topological polar surface area (TPSA) is 38.5 Å². The number of hydrogen-bond acceptors (Lipinski definition) is 3.